The average Bonchev–Trinajstić information content (AvgIpc) is 2.66. The number of hydrogen-bond acceptors (Lipinski definition) is 3. The lowest BCUT2D eigenvalue weighted by atomic mass is 10.1. The minimum atomic E-state index is -0.461. The summed E-state index contributed by atoms with van der Waals surface area (Å²) in [6, 6.07) is 14.1. The Balaban J connectivity index is 1.77. The molecule has 0 fully saturated rings. The van der Waals surface area contributed by atoms with Crippen molar-refractivity contribution in [2.45, 2.75) is 53.1 Å². The summed E-state index contributed by atoms with van der Waals surface area (Å²) in [6.45, 7) is 9.31. The molecule has 1 atom stereocenters. The van der Waals surface area contributed by atoms with E-state index < -0.39 is 6.10 Å². The van der Waals surface area contributed by atoms with Crippen LogP contribution in [0, 0.1) is 13.8 Å². The summed E-state index contributed by atoms with van der Waals surface area (Å²) < 4.78 is 11.4. The van der Waals surface area contributed by atoms with Crippen LogP contribution in [0.15, 0.2) is 42.5 Å². The van der Waals surface area contributed by atoms with Gasteiger partial charge in [0, 0.05) is 6.54 Å². The van der Waals surface area contributed by atoms with E-state index in [0.29, 0.717) is 19.6 Å². The molecule has 4 nitrogen and oxygen atoms in total. The lowest BCUT2D eigenvalue weighted by Crippen LogP contribution is -2.38. The molecule has 0 spiro atoms. The van der Waals surface area contributed by atoms with Gasteiger partial charge < -0.3 is 14.8 Å². The molecule has 0 aliphatic carbocycles. The Morgan fingerprint density at radius 1 is 1.07 bits per heavy atom. The highest BCUT2D eigenvalue weighted by Gasteiger charge is 2.18. The lowest BCUT2D eigenvalue weighted by molar-refractivity contribution is -0.128. The van der Waals surface area contributed by atoms with Gasteiger partial charge in [-0.2, -0.15) is 0 Å². The first-order valence-corrected chi connectivity index (χ1v) is 9.76. The number of carbonyl (C=O) groups excluding carboxylic acids is 1. The van der Waals surface area contributed by atoms with Gasteiger partial charge in [0.15, 0.2) is 6.10 Å². The van der Waals surface area contributed by atoms with E-state index in [1.165, 1.54) is 11.1 Å². The van der Waals surface area contributed by atoms with Crippen LogP contribution in [0.1, 0.15) is 43.4 Å². The second-order valence-corrected chi connectivity index (χ2v) is 6.76. The van der Waals surface area contributed by atoms with Gasteiger partial charge in [-0.25, -0.2) is 0 Å². The monoisotopic (exact) mass is 369 g/mol. The number of ether oxygens (including phenoxy) is 2. The molecule has 0 saturated heterocycles. The van der Waals surface area contributed by atoms with Crippen molar-refractivity contribution >= 4 is 5.91 Å². The SMILES string of the molecule is CCOc1ccc(CCCNC(=O)[C@@H](CC)Oc2ccc(C)cc2C)cc1. The molecule has 146 valence electrons. The van der Waals surface area contributed by atoms with Crippen molar-refractivity contribution in [1.29, 1.82) is 0 Å². The summed E-state index contributed by atoms with van der Waals surface area (Å²) in [6.07, 6.45) is 1.98. The van der Waals surface area contributed by atoms with E-state index in [1.807, 2.05) is 52.0 Å². The van der Waals surface area contributed by atoms with Gasteiger partial charge in [-0.1, -0.05) is 36.8 Å². The maximum atomic E-state index is 12.4. The van der Waals surface area contributed by atoms with Gasteiger partial charge in [-0.3, -0.25) is 4.79 Å². The number of benzene rings is 2. The maximum Gasteiger partial charge on any atom is 0.261 e. The highest BCUT2D eigenvalue weighted by Crippen LogP contribution is 2.21. The fraction of sp³-hybridized carbons (Fsp3) is 0.435. The second-order valence-electron chi connectivity index (χ2n) is 6.76. The Bertz CT molecular complexity index is 725. The Morgan fingerprint density at radius 3 is 2.44 bits per heavy atom. The molecule has 4 heteroatoms. The van der Waals surface area contributed by atoms with Crippen LogP contribution in [-0.2, 0) is 11.2 Å². The molecule has 0 bridgehead atoms. The van der Waals surface area contributed by atoms with E-state index in [9.17, 15) is 4.79 Å². The molecule has 0 saturated carbocycles. The number of rotatable bonds is 10. The van der Waals surface area contributed by atoms with Gasteiger partial charge in [0.2, 0.25) is 0 Å². The molecule has 1 N–H and O–H groups in total. The van der Waals surface area contributed by atoms with Crippen LogP contribution in [0.3, 0.4) is 0 Å². The van der Waals surface area contributed by atoms with Gasteiger partial charge in [-0.15, -0.1) is 0 Å². The first kappa shape index (κ1) is 20.8. The number of carbonyl (C=O) groups is 1. The lowest BCUT2D eigenvalue weighted by Gasteiger charge is -2.19. The highest BCUT2D eigenvalue weighted by atomic mass is 16.5. The van der Waals surface area contributed by atoms with Gasteiger partial charge in [0.1, 0.15) is 11.5 Å². The molecule has 2 aromatic carbocycles. The minimum Gasteiger partial charge on any atom is -0.494 e. The Kier molecular flexibility index (Phi) is 8.18. The van der Waals surface area contributed by atoms with Crippen molar-refractivity contribution in [2.75, 3.05) is 13.2 Å². The van der Waals surface area contributed by atoms with Gasteiger partial charge in [0.05, 0.1) is 6.61 Å². The smallest absolute Gasteiger partial charge is 0.261 e. The molecule has 2 rings (SSSR count). The van der Waals surface area contributed by atoms with Crippen molar-refractivity contribution < 1.29 is 14.3 Å². The molecule has 2 aromatic rings. The Labute approximate surface area is 162 Å². The van der Waals surface area contributed by atoms with Crippen molar-refractivity contribution in [3.8, 4) is 11.5 Å². The average molecular weight is 370 g/mol. The Morgan fingerprint density at radius 2 is 1.81 bits per heavy atom. The summed E-state index contributed by atoms with van der Waals surface area (Å²) in [4.78, 5) is 12.4. The van der Waals surface area contributed by atoms with E-state index in [-0.39, 0.29) is 5.91 Å². The summed E-state index contributed by atoms with van der Waals surface area (Å²) in [5, 5.41) is 3.00. The van der Waals surface area contributed by atoms with Crippen LogP contribution in [0.4, 0.5) is 0 Å². The standard InChI is InChI=1S/C23H31NO3/c1-5-21(27-22-14-9-17(3)16-18(22)4)23(25)24-15-7-8-19-10-12-20(13-11-19)26-6-2/h9-14,16,21H,5-8,15H2,1-4H3,(H,24,25)/t21-/m1/s1. The van der Waals surface area contributed by atoms with Crippen molar-refractivity contribution in [3.63, 3.8) is 0 Å². The van der Waals surface area contributed by atoms with Crippen LogP contribution in [0.2, 0.25) is 0 Å². The summed E-state index contributed by atoms with van der Waals surface area (Å²) in [5.41, 5.74) is 3.48. The number of nitrogens with one attached hydrogen (secondary N) is 1. The molecule has 0 heterocycles. The van der Waals surface area contributed by atoms with Crippen LogP contribution in [0.25, 0.3) is 0 Å². The molecule has 0 aromatic heterocycles. The van der Waals surface area contributed by atoms with Gasteiger partial charge in [0.25, 0.3) is 5.91 Å². The zero-order valence-corrected chi connectivity index (χ0v) is 16.9. The van der Waals surface area contributed by atoms with Crippen LogP contribution in [-0.4, -0.2) is 25.2 Å². The predicted octanol–water partition coefficient (Wildman–Crippen LogP) is 4.61. The summed E-state index contributed by atoms with van der Waals surface area (Å²) in [5.74, 6) is 1.62. The summed E-state index contributed by atoms with van der Waals surface area (Å²) in [7, 11) is 0. The molecule has 0 radical (unpaired) electrons. The first-order valence-electron chi connectivity index (χ1n) is 9.76. The molecular weight excluding hydrogens is 338 g/mol. The van der Waals surface area contributed by atoms with E-state index in [0.717, 1.165) is 29.9 Å². The maximum absolute atomic E-state index is 12.4. The fourth-order valence-electron chi connectivity index (χ4n) is 2.94. The second kappa shape index (κ2) is 10.6. The zero-order chi connectivity index (χ0) is 19.6. The van der Waals surface area contributed by atoms with E-state index in [2.05, 4.69) is 23.5 Å². The Hall–Kier alpha value is -2.49. The largest absolute Gasteiger partial charge is 0.494 e. The third-order valence-corrected chi connectivity index (χ3v) is 4.44. The third kappa shape index (κ3) is 6.63. The van der Waals surface area contributed by atoms with Crippen molar-refractivity contribution in [3.05, 3.63) is 59.2 Å². The first-order chi connectivity index (χ1) is 13.0. The van der Waals surface area contributed by atoms with Crippen LogP contribution < -0.4 is 14.8 Å². The molecule has 0 aliphatic rings. The van der Waals surface area contributed by atoms with Crippen LogP contribution in [0.5, 0.6) is 11.5 Å². The van der Waals surface area contributed by atoms with E-state index >= 15 is 0 Å². The van der Waals surface area contributed by atoms with E-state index in [4.69, 9.17) is 9.47 Å². The quantitative estimate of drug-likeness (QED) is 0.622. The minimum absolute atomic E-state index is 0.0517. The van der Waals surface area contributed by atoms with Crippen molar-refractivity contribution in [1.82, 2.24) is 5.32 Å². The third-order valence-electron chi connectivity index (χ3n) is 4.44. The van der Waals surface area contributed by atoms with E-state index in [1.54, 1.807) is 0 Å². The molecular formula is C23H31NO3. The summed E-state index contributed by atoms with van der Waals surface area (Å²) >= 11 is 0. The predicted molar refractivity (Wildman–Crippen MR) is 110 cm³/mol. The normalized spacial score (nSPS) is 11.7. The molecule has 0 unspecified atom stereocenters. The molecule has 0 aliphatic heterocycles. The number of amides is 1. The molecule has 1 amide bonds. The van der Waals surface area contributed by atoms with Gasteiger partial charge >= 0.3 is 0 Å². The van der Waals surface area contributed by atoms with Crippen molar-refractivity contribution in [2.24, 2.45) is 0 Å². The zero-order valence-electron chi connectivity index (χ0n) is 16.9. The van der Waals surface area contributed by atoms with Crippen LogP contribution >= 0.6 is 0 Å². The van der Waals surface area contributed by atoms with Gasteiger partial charge in [-0.05, 0) is 69.4 Å². The number of hydrogen-bond donors (Lipinski definition) is 1. The fourth-order valence-corrected chi connectivity index (χ4v) is 2.94. The molecule has 27 heavy (non-hydrogen) atoms. The highest BCUT2D eigenvalue weighted by molar-refractivity contribution is 5.81. The number of aryl methyl sites for hydroxylation is 3. The topological polar surface area (TPSA) is 47.6 Å².